The molecule has 0 spiro atoms. The predicted molar refractivity (Wildman–Crippen MR) is 52.6 cm³/mol. The van der Waals surface area contributed by atoms with Crippen LogP contribution < -0.4 is 0 Å². The molecule has 0 atom stereocenters. The minimum Gasteiger partial charge on any atom is -0.411 e. The molecule has 72 valence electrons. The zero-order valence-electron chi connectivity index (χ0n) is 7.97. The second kappa shape index (κ2) is 3.10. The van der Waals surface area contributed by atoms with Crippen LogP contribution in [0.1, 0.15) is 11.3 Å². The Hall–Kier alpha value is -1.91. The molecule has 14 heavy (non-hydrogen) atoms. The SMILES string of the molecule is Cc1nn(C)c2ncc(/C=N/O)cc12. The van der Waals surface area contributed by atoms with Crippen molar-refractivity contribution in [2.75, 3.05) is 0 Å². The van der Waals surface area contributed by atoms with Gasteiger partial charge in [-0.1, -0.05) is 5.16 Å². The summed E-state index contributed by atoms with van der Waals surface area (Å²) in [6.45, 7) is 1.92. The molecular formula is C9H10N4O. The van der Waals surface area contributed by atoms with Crippen LogP contribution in [-0.2, 0) is 7.05 Å². The minimum atomic E-state index is 0.760. The van der Waals surface area contributed by atoms with E-state index >= 15 is 0 Å². The monoisotopic (exact) mass is 190 g/mol. The van der Waals surface area contributed by atoms with Gasteiger partial charge in [-0.05, 0) is 13.0 Å². The second-order valence-corrected chi connectivity index (χ2v) is 3.09. The summed E-state index contributed by atoms with van der Waals surface area (Å²) < 4.78 is 1.73. The molecule has 0 aromatic carbocycles. The molecule has 5 nitrogen and oxygen atoms in total. The van der Waals surface area contributed by atoms with Crippen molar-refractivity contribution in [1.29, 1.82) is 0 Å². The van der Waals surface area contributed by atoms with Gasteiger partial charge in [0.1, 0.15) is 0 Å². The number of nitrogens with zero attached hydrogens (tertiary/aromatic N) is 4. The van der Waals surface area contributed by atoms with Gasteiger partial charge in [0.05, 0.1) is 11.9 Å². The summed E-state index contributed by atoms with van der Waals surface area (Å²) in [4.78, 5) is 4.22. The number of aromatic nitrogens is 3. The molecule has 0 unspecified atom stereocenters. The van der Waals surface area contributed by atoms with Crippen molar-refractivity contribution in [2.45, 2.75) is 6.92 Å². The Kier molecular flexibility index (Phi) is 1.92. The summed E-state index contributed by atoms with van der Waals surface area (Å²) in [7, 11) is 1.85. The average Bonchev–Trinajstić information content (AvgIpc) is 2.43. The largest absolute Gasteiger partial charge is 0.411 e. The first-order valence-electron chi connectivity index (χ1n) is 4.19. The number of pyridine rings is 1. The van der Waals surface area contributed by atoms with E-state index in [0.29, 0.717) is 0 Å². The van der Waals surface area contributed by atoms with Crippen LogP contribution in [0.3, 0.4) is 0 Å². The number of hydrogen-bond acceptors (Lipinski definition) is 4. The van der Waals surface area contributed by atoms with Gasteiger partial charge in [-0.25, -0.2) is 4.98 Å². The standard InChI is InChI=1S/C9H10N4O/c1-6-8-3-7(5-11-14)4-10-9(8)13(2)12-6/h3-5,14H,1-2H3/b11-5+. The second-order valence-electron chi connectivity index (χ2n) is 3.09. The summed E-state index contributed by atoms with van der Waals surface area (Å²) in [5.74, 6) is 0. The quantitative estimate of drug-likeness (QED) is 0.416. The average molecular weight is 190 g/mol. The normalized spacial score (nSPS) is 11.6. The molecule has 0 fully saturated rings. The number of hydrogen-bond donors (Lipinski definition) is 1. The summed E-state index contributed by atoms with van der Waals surface area (Å²) in [5, 5.41) is 16.6. The molecule has 2 aromatic rings. The molecule has 2 aromatic heterocycles. The highest BCUT2D eigenvalue weighted by Gasteiger charge is 2.05. The van der Waals surface area contributed by atoms with Crippen LogP contribution in [0.25, 0.3) is 11.0 Å². The lowest BCUT2D eigenvalue weighted by molar-refractivity contribution is 0.322. The Labute approximate surface area is 80.7 Å². The zero-order chi connectivity index (χ0) is 10.1. The lowest BCUT2D eigenvalue weighted by atomic mass is 10.2. The first-order chi connectivity index (χ1) is 6.72. The van der Waals surface area contributed by atoms with E-state index in [1.807, 2.05) is 20.0 Å². The Morgan fingerprint density at radius 3 is 3.07 bits per heavy atom. The third-order valence-electron chi connectivity index (χ3n) is 2.09. The van der Waals surface area contributed by atoms with E-state index in [1.165, 1.54) is 6.21 Å². The summed E-state index contributed by atoms with van der Waals surface area (Å²) >= 11 is 0. The molecule has 0 aliphatic heterocycles. The zero-order valence-corrected chi connectivity index (χ0v) is 7.97. The van der Waals surface area contributed by atoms with Gasteiger partial charge in [-0.3, -0.25) is 4.68 Å². The fourth-order valence-electron chi connectivity index (χ4n) is 1.46. The fourth-order valence-corrected chi connectivity index (χ4v) is 1.46. The van der Waals surface area contributed by atoms with Crippen LogP contribution in [0, 0.1) is 6.92 Å². The highest BCUT2D eigenvalue weighted by molar-refractivity contribution is 5.87. The minimum absolute atomic E-state index is 0.760. The molecule has 0 bridgehead atoms. The Morgan fingerprint density at radius 1 is 1.57 bits per heavy atom. The number of oxime groups is 1. The highest BCUT2D eigenvalue weighted by atomic mass is 16.4. The van der Waals surface area contributed by atoms with Gasteiger partial charge in [0, 0.05) is 24.2 Å². The predicted octanol–water partition coefficient (Wildman–Crippen LogP) is 1.08. The topological polar surface area (TPSA) is 63.3 Å². The lowest BCUT2D eigenvalue weighted by Gasteiger charge is -1.94. The van der Waals surface area contributed by atoms with Crippen molar-refractivity contribution < 1.29 is 5.21 Å². The highest BCUT2D eigenvalue weighted by Crippen LogP contribution is 2.15. The molecule has 0 aliphatic carbocycles. The van der Waals surface area contributed by atoms with Gasteiger partial charge < -0.3 is 5.21 Å². The molecule has 0 amide bonds. The molecule has 1 N–H and O–H groups in total. The van der Waals surface area contributed by atoms with Crippen LogP contribution in [-0.4, -0.2) is 26.2 Å². The van der Waals surface area contributed by atoms with E-state index < -0.39 is 0 Å². The van der Waals surface area contributed by atoms with Crippen molar-refractivity contribution in [1.82, 2.24) is 14.8 Å². The van der Waals surface area contributed by atoms with E-state index in [2.05, 4.69) is 15.2 Å². The number of rotatable bonds is 1. The molecular weight excluding hydrogens is 180 g/mol. The van der Waals surface area contributed by atoms with Crippen molar-refractivity contribution >= 4 is 17.2 Å². The van der Waals surface area contributed by atoms with E-state index in [1.54, 1.807) is 10.9 Å². The van der Waals surface area contributed by atoms with Gasteiger partial charge in [0.25, 0.3) is 0 Å². The molecule has 2 heterocycles. The van der Waals surface area contributed by atoms with Crippen LogP contribution in [0.4, 0.5) is 0 Å². The molecule has 2 rings (SSSR count). The fraction of sp³-hybridized carbons (Fsp3) is 0.222. The van der Waals surface area contributed by atoms with Crippen LogP contribution in [0.5, 0.6) is 0 Å². The van der Waals surface area contributed by atoms with Gasteiger partial charge in [-0.2, -0.15) is 5.10 Å². The smallest absolute Gasteiger partial charge is 0.157 e. The van der Waals surface area contributed by atoms with Crippen molar-refractivity contribution in [3.8, 4) is 0 Å². The van der Waals surface area contributed by atoms with Crippen LogP contribution >= 0.6 is 0 Å². The van der Waals surface area contributed by atoms with Gasteiger partial charge in [0.15, 0.2) is 5.65 Å². The van der Waals surface area contributed by atoms with Gasteiger partial charge in [0.2, 0.25) is 0 Å². The molecule has 0 saturated carbocycles. The van der Waals surface area contributed by atoms with Crippen molar-refractivity contribution in [3.63, 3.8) is 0 Å². The number of aryl methyl sites for hydroxylation is 2. The third-order valence-corrected chi connectivity index (χ3v) is 2.09. The maximum absolute atomic E-state index is 8.39. The molecule has 0 saturated heterocycles. The van der Waals surface area contributed by atoms with Gasteiger partial charge in [-0.15, -0.1) is 0 Å². The summed E-state index contributed by atoms with van der Waals surface area (Å²) in [6, 6.07) is 1.89. The van der Waals surface area contributed by atoms with Gasteiger partial charge >= 0.3 is 0 Å². The van der Waals surface area contributed by atoms with Crippen LogP contribution in [0.15, 0.2) is 17.4 Å². The first-order valence-corrected chi connectivity index (χ1v) is 4.19. The van der Waals surface area contributed by atoms with Crippen molar-refractivity contribution in [3.05, 3.63) is 23.5 Å². The Bertz CT molecular complexity index is 501. The first kappa shape index (κ1) is 8.68. The lowest BCUT2D eigenvalue weighted by Crippen LogP contribution is -1.92. The molecule has 0 radical (unpaired) electrons. The maximum atomic E-state index is 8.39. The number of fused-ring (bicyclic) bond motifs is 1. The molecule has 5 heteroatoms. The van der Waals surface area contributed by atoms with Crippen LogP contribution in [0.2, 0.25) is 0 Å². The van der Waals surface area contributed by atoms with E-state index in [-0.39, 0.29) is 0 Å². The maximum Gasteiger partial charge on any atom is 0.157 e. The summed E-state index contributed by atoms with van der Waals surface area (Å²) in [6.07, 6.45) is 2.99. The van der Waals surface area contributed by atoms with E-state index in [4.69, 9.17) is 5.21 Å². The molecule has 0 aliphatic rings. The van der Waals surface area contributed by atoms with E-state index in [0.717, 1.165) is 22.3 Å². The van der Waals surface area contributed by atoms with Crippen molar-refractivity contribution in [2.24, 2.45) is 12.2 Å². The summed E-state index contributed by atoms with van der Waals surface area (Å²) in [5.41, 5.74) is 2.51. The van der Waals surface area contributed by atoms with E-state index in [9.17, 15) is 0 Å². The Morgan fingerprint density at radius 2 is 2.36 bits per heavy atom. The third kappa shape index (κ3) is 1.22. The Balaban J connectivity index is 2.70.